The minimum absolute atomic E-state index is 0.0147. The fourth-order valence-corrected chi connectivity index (χ4v) is 2.90. The first-order valence-corrected chi connectivity index (χ1v) is 6.83. The van der Waals surface area contributed by atoms with Crippen LogP contribution in [0.2, 0.25) is 0 Å². The molecular weight excluding hydrogens is 251 g/mol. The zero-order valence-corrected chi connectivity index (χ0v) is 9.86. The first-order chi connectivity index (χ1) is 7.74. The molecule has 100 valence electrons. The van der Waals surface area contributed by atoms with Crippen molar-refractivity contribution in [3.05, 3.63) is 0 Å². The van der Waals surface area contributed by atoms with E-state index in [1.54, 1.807) is 0 Å². The molecular formula is C8H15N2O6P-2. The molecule has 8 nitrogen and oxygen atoms in total. The summed E-state index contributed by atoms with van der Waals surface area (Å²) in [5.74, 6) is -1.46. The SMILES string of the molecule is NCC([O-])=N[C@@H]1C[C@H](C[P+]([O-])([O-])O)[C@@H](O)[C@H]1O. The molecule has 0 radical (unpaired) electrons. The van der Waals surface area contributed by atoms with Gasteiger partial charge in [0.05, 0.1) is 18.3 Å². The maximum absolute atomic E-state index is 11.0. The molecule has 0 saturated heterocycles. The van der Waals surface area contributed by atoms with Crippen LogP contribution in [0.25, 0.3) is 0 Å². The van der Waals surface area contributed by atoms with Gasteiger partial charge < -0.3 is 30.8 Å². The normalized spacial score (nSPS) is 35.3. The van der Waals surface area contributed by atoms with Gasteiger partial charge in [-0.1, -0.05) is 0 Å². The lowest BCUT2D eigenvalue weighted by molar-refractivity contribution is -0.332. The molecule has 0 heterocycles. The Labute approximate surface area is 98.6 Å². The molecule has 0 aliphatic heterocycles. The van der Waals surface area contributed by atoms with Gasteiger partial charge in [0.25, 0.3) is 0 Å². The van der Waals surface area contributed by atoms with Gasteiger partial charge in [0.1, 0.15) is 6.10 Å². The lowest BCUT2D eigenvalue weighted by Gasteiger charge is -2.31. The van der Waals surface area contributed by atoms with Crippen LogP contribution in [-0.2, 0) is 0 Å². The van der Waals surface area contributed by atoms with Crippen LogP contribution in [0.3, 0.4) is 0 Å². The Hall–Kier alpha value is -0.340. The van der Waals surface area contributed by atoms with Gasteiger partial charge in [-0.05, 0) is 12.3 Å². The van der Waals surface area contributed by atoms with Gasteiger partial charge >= 0.3 is 0 Å². The van der Waals surface area contributed by atoms with Crippen LogP contribution in [0.5, 0.6) is 0 Å². The molecule has 1 aliphatic carbocycles. The van der Waals surface area contributed by atoms with Crippen LogP contribution in [0.1, 0.15) is 6.42 Å². The fraction of sp³-hybridized carbons (Fsp3) is 0.875. The second-order valence-electron chi connectivity index (χ2n) is 4.09. The third-order valence-corrected chi connectivity index (χ3v) is 3.65. The predicted octanol–water partition coefficient (Wildman–Crippen LogP) is -4.71. The quantitative estimate of drug-likeness (QED) is 0.225. The number of rotatable bonds is 4. The second kappa shape index (κ2) is 5.53. The van der Waals surface area contributed by atoms with E-state index in [-0.39, 0.29) is 13.0 Å². The maximum atomic E-state index is 11.0. The highest BCUT2D eigenvalue weighted by Crippen LogP contribution is 2.42. The summed E-state index contributed by atoms with van der Waals surface area (Å²) in [7, 11) is -4.52. The number of aliphatic imine (C=N–C) groups is 1. The van der Waals surface area contributed by atoms with Crippen molar-refractivity contribution in [2.24, 2.45) is 16.6 Å². The first-order valence-electron chi connectivity index (χ1n) is 5.07. The van der Waals surface area contributed by atoms with Gasteiger partial charge in [-0.15, -0.1) is 0 Å². The summed E-state index contributed by atoms with van der Waals surface area (Å²) in [5.41, 5.74) is 5.04. The van der Waals surface area contributed by atoms with Crippen LogP contribution >= 0.6 is 7.94 Å². The number of nitrogens with zero attached hydrogens (tertiary/aromatic N) is 1. The molecule has 0 bridgehead atoms. The van der Waals surface area contributed by atoms with Crippen molar-refractivity contribution in [2.45, 2.75) is 24.7 Å². The molecule has 0 aromatic heterocycles. The molecule has 1 aliphatic rings. The van der Waals surface area contributed by atoms with Gasteiger partial charge in [0, 0.05) is 20.4 Å². The molecule has 9 heteroatoms. The van der Waals surface area contributed by atoms with Gasteiger partial charge in [-0.3, -0.25) is 9.89 Å². The van der Waals surface area contributed by atoms with Crippen LogP contribution in [0.4, 0.5) is 0 Å². The summed E-state index contributed by atoms with van der Waals surface area (Å²) in [5, 5.41) is 30.1. The Kier molecular flexibility index (Phi) is 4.79. The van der Waals surface area contributed by atoms with Crippen LogP contribution in [-0.4, -0.2) is 52.0 Å². The molecule has 0 amide bonds. The Morgan fingerprint density at radius 3 is 2.41 bits per heavy atom. The van der Waals surface area contributed by atoms with Crippen molar-refractivity contribution < 1.29 is 30.0 Å². The second-order valence-corrected chi connectivity index (χ2v) is 5.73. The molecule has 0 spiro atoms. The highest BCUT2D eigenvalue weighted by molar-refractivity contribution is 7.55. The maximum Gasteiger partial charge on any atom is 0.103 e. The molecule has 1 saturated carbocycles. The van der Waals surface area contributed by atoms with Crippen LogP contribution in [0.15, 0.2) is 4.99 Å². The summed E-state index contributed by atoms with van der Waals surface area (Å²) in [6.45, 7) is -0.315. The topological polar surface area (TPSA) is 168 Å². The van der Waals surface area contributed by atoms with Crippen LogP contribution < -0.4 is 20.6 Å². The number of nitrogens with two attached hydrogens (primary N) is 1. The number of hydrogen-bond acceptors (Lipinski definition) is 8. The van der Waals surface area contributed by atoms with E-state index in [0.717, 1.165) is 0 Å². The van der Waals surface area contributed by atoms with Crippen molar-refractivity contribution in [1.29, 1.82) is 0 Å². The summed E-state index contributed by atoms with van der Waals surface area (Å²) >= 11 is 0. The van der Waals surface area contributed by atoms with E-state index >= 15 is 0 Å². The van der Waals surface area contributed by atoms with E-state index in [1.165, 1.54) is 0 Å². The van der Waals surface area contributed by atoms with Gasteiger partial charge in [-0.25, -0.2) is 0 Å². The third kappa shape index (κ3) is 4.11. The minimum atomic E-state index is -4.52. The minimum Gasteiger partial charge on any atom is -0.861 e. The highest BCUT2D eigenvalue weighted by atomic mass is 31.2. The first kappa shape index (κ1) is 14.7. The van der Waals surface area contributed by atoms with Gasteiger partial charge in [-0.2, -0.15) is 0 Å². The molecule has 4 atom stereocenters. The van der Waals surface area contributed by atoms with Crippen molar-refractivity contribution in [1.82, 2.24) is 0 Å². The van der Waals surface area contributed by atoms with Gasteiger partial charge in [0.15, 0.2) is 0 Å². The Bertz CT molecular complexity index is 294. The van der Waals surface area contributed by atoms with Crippen molar-refractivity contribution in [3.63, 3.8) is 0 Å². The van der Waals surface area contributed by atoms with Crippen LogP contribution in [0, 0.1) is 5.92 Å². The summed E-state index contributed by atoms with van der Waals surface area (Å²) in [4.78, 5) is 33.6. The average Bonchev–Trinajstić information content (AvgIpc) is 2.44. The molecule has 1 fully saturated rings. The molecule has 17 heavy (non-hydrogen) atoms. The Balaban J connectivity index is 2.69. The zero-order chi connectivity index (χ0) is 13.2. The molecule has 0 unspecified atom stereocenters. The Morgan fingerprint density at radius 2 is 1.94 bits per heavy atom. The Morgan fingerprint density at radius 1 is 1.35 bits per heavy atom. The largest absolute Gasteiger partial charge is 0.861 e. The summed E-state index contributed by atoms with van der Waals surface area (Å²) in [6, 6.07) is -0.877. The smallest absolute Gasteiger partial charge is 0.103 e. The van der Waals surface area contributed by atoms with E-state index in [9.17, 15) is 25.1 Å². The molecule has 0 aromatic rings. The van der Waals surface area contributed by atoms with Crippen molar-refractivity contribution in [3.8, 4) is 0 Å². The number of aliphatic hydroxyl groups excluding tert-OH is 2. The monoisotopic (exact) mass is 266 g/mol. The van der Waals surface area contributed by atoms with Gasteiger partial charge in [0.2, 0.25) is 0 Å². The van der Waals surface area contributed by atoms with Crippen molar-refractivity contribution >= 4 is 13.8 Å². The summed E-state index contributed by atoms with van der Waals surface area (Å²) < 4.78 is 0. The number of hydrogen-bond donors (Lipinski definition) is 4. The highest BCUT2D eigenvalue weighted by Gasteiger charge is 2.43. The average molecular weight is 266 g/mol. The lowest BCUT2D eigenvalue weighted by atomic mass is 10.1. The molecule has 5 N–H and O–H groups in total. The van der Waals surface area contributed by atoms with E-state index in [1.807, 2.05) is 0 Å². The van der Waals surface area contributed by atoms with E-state index in [4.69, 9.17) is 10.6 Å². The predicted molar refractivity (Wildman–Crippen MR) is 54.4 cm³/mol. The lowest BCUT2D eigenvalue weighted by Crippen LogP contribution is -2.35. The van der Waals surface area contributed by atoms with E-state index < -0.39 is 44.2 Å². The standard InChI is InChI=1S/C8H17N2O6P/c9-2-6(11)10-5-1-4(3-17(14,15)16)7(12)8(5)13/h4-5,7-8,12-13H,1-3,9H2,(H,10,11)(H2,14,15,16)/p-2/t4-,5-,7-,8+/m1/s1. The molecule has 1 rings (SSSR count). The zero-order valence-electron chi connectivity index (χ0n) is 8.97. The summed E-state index contributed by atoms with van der Waals surface area (Å²) in [6.07, 6.45) is -3.28. The molecule has 0 aromatic carbocycles. The van der Waals surface area contributed by atoms with E-state index in [2.05, 4.69) is 4.99 Å². The van der Waals surface area contributed by atoms with E-state index in [0.29, 0.717) is 0 Å². The number of aliphatic hydroxyl groups is 2. The van der Waals surface area contributed by atoms with Crippen molar-refractivity contribution in [2.75, 3.05) is 12.7 Å². The third-order valence-electron chi connectivity index (χ3n) is 2.72. The fourth-order valence-electron chi connectivity index (χ4n) is 1.94.